The van der Waals surface area contributed by atoms with Crippen molar-refractivity contribution in [3.05, 3.63) is 29.3 Å². The third kappa shape index (κ3) is 2.14. The Morgan fingerprint density at radius 3 is 2.71 bits per heavy atom. The van der Waals surface area contributed by atoms with Gasteiger partial charge in [0.2, 0.25) is 0 Å². The van der Waals surface area contributed by atoms with Gasteiger partial charge >= 0.3 is 5.97 Å². The lowest BCUT2D eigenvalue weighted by Gasteiger charge is -2.34. The van der Waals surface area contributed by atoms with Gasteiger partial charge in [-0.1, -0.05) is 19.9 Å². The van der Waals surface area contributed by atoms with Gasteiger partial charge in [-0.25, -0.2) is 0 Å². The molecular weight excluding hydrogens is 216 g/mol. The van der Waals surface area contributed by atoms with Crippen LogP contribution >= 0.6 is 0 Å². The van der Waals surface area contributed by atoms with Crippen LogP contribution in [-0.4, -0.2) is 16.2 Å². The summed E-state index contributed by atoms with van der Waals surface area (Å²) in [6, 6.07) is 5.32. The van der Waals surface area contributed by atoms with Crippen LogP contribution in [0.1, 0.15) is 37.3 Å². The van der Waals surface area contributed by atoms with Crippen LogP contribution in [0.2, 0.25) is 0 Å². The average Bonchev–Trinajstić information content (AvgIpc) is 2.26. The number of phenolic OH excluding ortho intramolecular Hbond substituents is 1. The molecule has 17 heavy (non-hydrogen) atoms. The summed E-state index contributed by atoms with van der Waals surface area (Å²) in [5.74, 6) is -0.567. The first-order valence-electron chi connectivity index (χ1n) is 6.05. The lowest BCUT2D eigenvalue weighted by Crippen LogP contribution is -2.30. The number of fused-ring (bicyclic) bond motifs is 1. The number of carboxylic acid groups (broad SMARTS) is 1. The van der Waals surface area contributed by atoms with E-state index in [1.54, 1.807) is 12.1 Å². The second kappa shape index (κ2) is 4.40. The number of hydrogen-bond donors (Lipinski definition) is 2. The van der Waals surface area contributed by atoms with Gasteiger partial charge in [-0.3, -0.25) is 4.79 Å². The molecule has 1 aromatic rings. The second-order valence-corrected chi connectivity index (χ2v) is 5.14. The van der Waals surface area contributed by atoms with E-state index in [1.165, 1.54) is 5.56 Å². The molecule has 1 aliphatic rings. The largest absolute Gasteiger partial charge is 0.508 e. The average molecular weight is 234 g/mol. The van der Waals surface area contributed by atoms with Crippen molar-refractivity contribution in [2.75, 3.05) is 0 Å². The lowest BCUT2D eigenvalue weighted by molar-refractivity contribution is -0.143. The van der Waals surface area contributed by atoms with Crippen molar-refractivity contribution >= 4 is 5.97 Å². The zero-order valence-corrected chi connectivity index (χ0v) is 10.2. The second-order valence-electron chi connectivity index (χ2n) is 5.14. The molecule has 0 heterocycles. The summed E-state index contributed by atoms with van der Waals surface area (Å²) in [5.41, 5.74) is 2.19. The topological polar surface area (TPSA) is 57.5 Å². The van der Waals surface area contributed by atoms with E-state index in [4.69, 9.17) is 0 Å². The van der Waals surface area contributed by atoms with Crippen molar-refractivity contribution in [3.8, 4) is 5.75 Å². The molecule has 0 radical (unpaired) electrons. The SMILES string of the molecule is CC(C)C1c2cc(O)ccc2CCC1C(=O)O. The van der Waals surface area contributed by atoms with Gasteiger partial charge < -0.3 is 10.2 Å². The molecule has 2 N–H and O–H groups in total. The fourth-order valence-corrected chi connectivity index (χ4v) is 2.93. The van der Waals surface area contributed by atoms with Crippen molar-refractivity contribution in [1.29, 1.82) is 0 Å². The van der Waals surface area contributed by atoms with Crippen LogP contribution in [0.25, 0.3) is 0 Å². The van der Waals surface area contributed by atoms with Gasteiger partial charge in [-0.15, -0.1) is 0 Å². The van der Waals surface area contributed by atoms with Crippen LogP contribution in [-0.2, 0) is 11.2 Å². The smallest absolute Gasteiger partial charge is 0.307 e. The predicted molar refractivity (Wildman–Crippen MR) is 65.1 cm³/mol. The van der Waals surface area contributed by atoms with E-state index in [1.807, 2.05) is 19.9 Å². The molecule has 2 atom stereocenters. The van der Waals surface area contributed by atoms with Crippen molar-refractivity contribution < 1.29 is 15.0 Å². The molecular formula is C14H18O3. The maximum atomic E-state index is 11.3. The third-order valence-corrected chi connectivity index (χ3v) is 3.68. The van der Waals surface area contributed by atoms with Crippen LogP contribution in [0, 0.1) is 11.8 Å². The van der Waals surface area contributed by atoms with E-state index in [9.17, 15) is 15.0 Å². The van der Waals surface area contributed by atoms with E-state index >= 15 is 0 Å². The monoisotopic (exact) mass is 234 g/mol. The first-order chi connectivity index (χ1) is 8.00. The number of benzene rings is 1. The van der Waals surface area contributed by atoms with E-state index in [2.05, 4.69) is 0 Å². The number of carboxylic acids is 1. The number of phenols is 1. The van der Waals surface area contributed by atoms with E-state index in [0.29, 0.717) is 6.42 Å². The molecule has 0 aliphatic heterocycles. The minimum Gasteiger partial charge on any atom is -0.508 e. The Kier molecular flexibility index (Phi) is 3.09. The number of hydrogen-bond acceptors (Lipinski definition) is 2. The Hall–Kier alpha value is -1.51. The number of carbonyl (C=O) groups is 1. The summed E-state index contributed by atoms with van der Waals surface area (Å²) in [4.78, 5) is 11.3. The Morgan fingerprint density at radius 2 is 2.12 bits per heavy atom. The maximum absolute atomic E-state index is 11.3. The van der Waals surface area contributed by atoms with E-state index < -0.39 is 5.97 Å². The molecule has 0 aromatic heterocycles. The van der Waals surface area contributed by atoms with Gasteiger partial charge in [0, 0.05) is 0 Å². The molecule has 0 bridgehead atoms. The fraction of sp³-hybridized carbons (Fsp3) is 0.500. The van der Waals surface area contributed by atoms with E-state index in [-0.39, 0.29) is 23.5 Å². The van der Waals surface area contributed by atoms with Gasteiger partial charge in [-0.05, 0) is 47.9 Å². The van der Waals surface area contributed by atoms with Crippen LogP contribution in [0.15, 0.2) is 18.2 Å². The Balaban J connectivity index is 2.48. The molecule has 0 saturated heterocycles. The van der Waals surface area contributed by atoms with Crippen molar-refractivity contribution in [1.82, 2.24) is 0 Å². The van der Waals surface area contributed by atoms with Crippen molar-refractivity contribution in [2.24, 2.45) is 11.8 Å². The highest BCUT2D eigenvalue weighted by Crippen LogP contribution is 2.42. The molecule has 1 aliphatic carbocycles. The van der Waals surface area contributed by atoms with Gasteiger partial charge in [0.25, 0.3) is 0 Å². The zero-order chi connectivity index (χ0) is 12.6. The number of rotatable bonds is 2. The van der Waals surface area contributed by atoms with Crippen LogP contribution in [0.5, 0.6) is 5.75 Å². The summed E-state index contributed by atoms with van der Waals surface area (Å²) < 4.78 is 0. The Morgan fingerprint density at radius 1 is 1.41 bits per heavy atom. The molecule has 1 aromatic carbocycles. The molecule has 2 unspecified atom stereocenters. The van der Waals surface area contributed by atoms with Gasteiger partial charge in [-0.2, -0.15) is 0 Å². The van der Waals surface area contributed by atoms with Gasteiger partial charge in [0.15, 0.2) is 0 Å². The highest BCUT2D eigenvalue weighted by Gasteiger charge is 2.36. The molecule has 92 valence electrons. The standard InChI is InChI=1S/C14H18O3/c1-8(2)13-11(14(16)17)6-4-9-3-5-10(15)7-12(9)13/h3,5,7-8,11,13,15H,4,6H2,1-2H3,(H,16,17). The summed E-state index contributed by atoms with van der Waals surface area (Å²) in [7, 11) is 0. The first-order valence-corrected chi connectivity index (χ1v) is 6.05. The summed E-state index contributed by atoms with van der Waals surface area (Å²) in [5, 5.41) is 18.9. The normalized spacial score (nSPS) is 23.5. The maximum Gasteiger partial charge on any atom is 0.307 e. The molecule has 2 rings (SSSR count). The van der Waals surface area contributed by atoms with Gasteiger partial charge in [0.1, 0.15) is 5.75 Å². The molecule has 3 nitrogen and oxygen atoms in total. The quantitative estimate of drug-likeness (QED) is 0.827. The lowest BCUT2D eigenvalue weighted by atomic mass is 9.70. The zero-order valence-electron chi connectivity index (χ0n) is 10.2. The molecule has 0 saturated carbocycles. The number of aliphatic carboxylic acids is 1. The molecule has 0 spiro atoms. The Bertz CT molecular complexity index is 437. The third-order valence-electron chi connectivity index (χ3n) is 3.68. The van der Waals surface area contributed by atoms with Crippen LogP contribution < -0.4 is 0 Å². The van der Waals surface area contributed by atoms with Crippen molar-refractivity contribution in [2.45, 2.75) is 32.6 Å². The summed E-state index contributed by atoms with van der Waals surface area (Å²) in [6.45, 7) is 4.08. The minimum atomic E-state index is -0.724. The number of aromatic hydroxyl groups is 1. The van der Waals surface area contributed by atoms with Crippen LogP contribution in [0.4, 0.5) is 0 Å². The summed E-state index contributed by atoms with van der Waals surface area (Å²) in [6.07, 6.45) is 1.48. The molecule has 3 heteroatoms. The van der Waals surface area contributed by atoms with Crippen LogP contribution in [0.3, 0.4) is 0 Å². The highest BCUT2D eigenvalue weighted by atomic mass is 16.4. The minimum absolute atomic E-state index is 0.00310. The first kappa shape index (κ1) is 12.0. The van der Waals surface area contributed by atoms with E-state index in [0.717, 1.165) is 12.0 Å². The predicted octanol–water partition coefficient (Wildman–Crippen LogP) is 2.78. The van der Waals surface area contributed by atoms with Gasteiger partial charge in [0.05, 0.1) is 5.92 Å². The Labute approximate surface area is 101 Å². The number of aryl methyl sites for hydroxylation is 1. The summed E-state index contributed by atoms with van der Waals surface area (Å²) >= 11 is 0. The molecule has 0 amide bonds. The fourth-order valence-electron chi connectivity index (χ4n) is 2.93. The molecule has 0 fully saturated rings. The highest BCUT2D eigenvalue weighted by molar-refractivity contribution is 5.72. The van der Waals surface area contributed by atoms with Crippen molar-refractivity contribution in [3.63, 3.8) is 0 Å².